The van der Waals surface area contributed by atoms with E-state index in [2.05, 4.69) is 26.6 Å². The molecule has 125 valence electrons. The summed E-state index contributed by atoms with van der Waals surface area (Å²) in [6, 6.07) is 7.25. The molecule has 0 aliphatic heterocycles. The van der Waals surface area contributed by atoms with Crippen molar-refractivity contribution in [2.75, 3.05) is 13.2 Å². The van der Waals surface area contributed by atoms with Gasteiger partial charge in [-0.05, 0) is 18.6 Å². The quantitative estimate of drug-likeness (QED) is 0.269. The molecule has 0 spiro atoms. The van der Waals surface area contributed by atoms with Gasteiger partial charge in [0.25, 0.3) is 0 Å². The van der Waals surface area contributed by atoms with Gasteiger partial charge in [-0.3, -0.25) is 4.89 Å². The number of ether oxygens (including phenoxy) is 1. The second-order valence-electron chi connectivity index (χ2n) is 5.33. The minimum absolute atomic E-state index is 0.287. The lowest BCUT2D eigenvalue weighted by molar-refractivity contribution is -0.218. The van der Waals surface area contributed by atoms with Crippen molar-refractivity contribution < 1.29 is 19.3 Å². The zero-order valence-electron chi connectivity index (χ0n) is 13.9. The Hall–Kier alpha value is -1.69. The monoisotopic (exact) mass is 333 g/mol. The van der Waals surface area contributed by atoms with E-state index in [-0.39, 0.29) is 6.61 Å². The van der Waals surface area contributed by atoms with Gasteiger partial charge in [-0.15, -0.1) is 13.2 Å². The topological polar surface area (TPSA) is 44.8 Å². The Morgan fingerprint density at radius 1 is 1.22 bits per heavy atom. The first-order valence-corrected chi connectivity index (χ1v) is 10.4. The van der Waals surface area contributed by atoms with Crippen LogP contribution in [0.5, 0.6) is 0 Å². The van der Waals surface area contributed by atoms with Crippen LogP contribution in [0.1, 0.15) is 30.1 Å². The first-order valence-electron chi connectivity index (χ1n) is 7.72. The molecule has 1 radical (unpaired) electrons. The fourth-order valence-corrected chi connectivity index (χ4v) is 3.34. The second-order valence-corrected chi connectivity index (χ2v) is 9.29. The zero-order chi connectivity index (χ0) is 17.1. The molecule has 0 N–H and O–H groups in total. The molecule has 0 aliphatic rings. The molecule has 1 aromatic carbocycles. The first kappa shape index (κ1) is 19.4. The largest absolute Gasteiger partial charge is 0.378 e. The van der Waals surface area contributed by atoms with Crippen LogP contribution in [0.4, 0.5) is 0 Å². The predicted octanol–water partition coefficient (Wildman–Crippen LogP) is 3.49. The van der Waals surface area contributed by atoms with Crippen LogP contribution in [0.15, 0.2) is 48.8 Å². The Bertz CT molecular complexity index is 502. The van der Waals surface area contributed by atoms with Crippen molar-refractivity contribution in [3.05, 3.63) is 61.0 Å². The summed E-state index contributed by atoms with van der Waals surface area (Å²) in [5, 5.41) is 1.14. The number of carbonyl (C=O) groups excluding carboxylic acids is 1. The van der Waals surface area contributed by atoms with Gasteiger partial charge in [0.1, 0.15) is 8.07 Å². The number of carbonyl (C=O) groups is 1. The molecule has 0 aliphatic carbocycles. The van der Waals surface area contributed by atoms with E-state index in [1.807, 2.05) is 23.5 Å². The Morgan fingerprint density at radius 3 is 2.43 bits per heavy atom. The van der Waals surface area contributed by atoms with Crippen molar-refractivity contribution in [3.63, 3.8) is 0 Å². The molecule has 0 heterocycles. The average molecular weight is 333 g/mol. The Labute approximate surface area is 139 Å². The van der Waals surface area contributed by atoms with Crippen LogP contribution in [-0.2, 0) is 14.5 Å². The summed E-state index contributed by atoms with van der Waals surface area (Å²) in [6.45, 7) is 14.3. The maximum absolute atomic E-state index is 11.8. The highest BCUT2D eigenvalue weighted by molar-refractivity contribution is 6.98. The van der Waals surface area contributed by atoms with Crippen molar-refractivity contribution in [1.29, 1.82) is 0 Å². The molecule has 0 saturated carbocycles. The third-order valence-corrected chi connectivity index (χ3v) is 6.88. The number of rotatable bonds is 11. The SMILES string of the molecule is C=C[Si](C)(C=C)c1ccc(C(=O)OO[CH]COCCCC)cc1. The normalized spacial score (nSPS) is 11.0. The van der Waals surface area contributed by atoms with Crippen LogP contribution in [0, 0.1) is 6.61 Å². The third kappa shape index (κ3) is 6.13. The van der Waals surface area contributed by atoms with Crippen LogP contribution >= 0.6 is 0 Å². The summed E-state index contributed by atoms with van der Waals surface area (Å²) in [7, 11) is -1.86. The molecular formula is C18H25O4Si. The smallest absolute Gasteiger partial charge is 0.373 e. The highest BCUT2D eigenvalue weighted by Crippen LogP contribution is 2.09. The summed E-state index contributed by atoms with van der Waals surface area (Å²) >= 11 is 0. The molecule has 0 atom stereocenters. The summed E-state index contributed by atoms with van der Waals surface area (Å²) in [4.78, 5) is 21.3. The molecule has 0 fully saturated rings. The van der Waals surface area contributed by atoms with E-state index in [0.29, 0.717) is 12.2 Å². The van der Waals surface area contributed by atoms with Gasteiger partial charge < -0.3 is 4.74 Å². The molecular weight excluding hydrogens is 308 g/mol. The summed E-state index contributed by atoms with van der Waals surface area (Å²) in [5.41, 5.74) is 4.33. The number of unbranched alkanes of at least 4 members (excludes halogenated alkanes) is 1. The lowest BCUT2D eigenvalue weighted by Crippen LogP contribution is -2.40. The standard InChI is InChI=1S/C18H25O4Si/c1-5-8-13-20-14-15-21-22-18(19)16-9-11-17(12-10-16)23(4,6-2)7-3/h6-7,9-12,15H,2-3,5,8,13-14H2,1,4H3. The Morgan fingerprint density at radius 2 is 1.87 bits per heavy atom. The van der Waals surface area contributed by atoms with Crippen molar-refractivity contribution in [2.45, 2.75) is 26.3 Å². The van der Waals surface area contributed by atoms with Gasteiger partial charge in [-0.2, -0.15) is 4.89 Å². The molecule has 0 amide bonds. The van der Waals surface area contributed by atoms with Gasteiger partial charge in [0, 0.05) is 6.61 Å². The summed E-state index contributed by atoms with van der Waals surface area (Å²) in [6.07, 6.45) is 2.07. The van der Waals surface area contributed by atoms with Crippen molar-refractivity contribution >= 4 is 19.2 Å². The molecule has 5 heteroatoms. The zero-order valence-corrected chi connectivity index (χ0v) is 14.9. The number of hydrogen-bond donors (Lipinski definition) is 0. The molecule has 0 aromatic heterocycles. The first-order chi connectivity index (χ1) is 11.1. The van der Waals surface area contributed by atoms with Crippen molar-refractivity contribution in [2.24, 2.45) is 0 Å². The van der Waals surface area contributed by atoms with Gasteiger partial charge in [-0.25, -0.2) is 4.79 Å². The molecule has 23 heavy (non-hydrogen) atoms. The van der Waals surface area contributed by atoms with E-state index in [9.17, 15) is 4.79 Å². The van der Waals surface area contributed by atoms with E-state index in [4.69, 9.17) is 14.5 Å². The molecule has 1 aromatic rings. The molecule has 0 bridgehead atoms. The van der Waals surface area contributed by atoms with E-state index in [0.717, 1.165) is 18.0 Å². The average Bonchev–Trinajstić information content (AvgIpc) is 2.60. The number of benzene rings is 1. The lowest BCUT2D eigenvalue weighted by Gasteiger charge is -2.19. The Kier molecular flexibility index (Phi) is 8.54. The predicted molar refractivity (Wildman–Crippen MR) is 94.6 cm³/mol. The van der Waals surface area contributed by atoms with Crippen LogP contribution in [0.3, 0.4) is 0 Å². The van der Waals surface area contributed by atoms with E-state index in [1.54, 1.807) is 12.1 Å². The third-order valence-electron chi connectivity index (χ3n) is 3.61. The number of hydrogen-bond acceptors (Lipinski definition) is 4. The van der Waals surface area contributed by atoms with Crippen LogP contribution in [0.25, 0.3) is 0 Å². The van der Waals surface area contributed by atoms with E-state index >= 15 is 0 Å². The molecule has 4 nitrogen and oxygen atoms in total. The maximum Gasteiger partial charge on any atom is 0.373 e. The maximum atomic E-state index is 11.8. The minimum Gasteiger partial charge on any atom is -0.378 e. The van der Waals surface area contributed by atoms with Gasteiger partial charge in [0.2, 0.25) is 0 Å². The van der Waals surface area contributed by atoms with Gasteiger partial charge in [-0.1, -0.05) is 48.6 Å². The highest BCUT2D eigenvalue weighted by Gasteiger charge is 2.22. The van der Waals surface area contributed by atoms with Gasteiger partial charge in [0.05, 0.1) is 12.2 Å². The fraction of sp³-hybridized carbons (Fsp3) is 0.333. The molecule has 0 unspecified atom stereocenters. The second kappa shape index (κ2) is 10.2. The van der Waals surface area contributed by atoms with Gasteiger partial charge in [0.15, 0.2) is 6.61 Å². The molecule has 0 saturated heterocycles. The lowest BCUT2D eigenvalue weighted by atomic mass is 10.2. The fourth-order valence-electron chi connectivity index (χ4n) is 1.82. The van der Waals surface area contributed by atoms with E-state index in [1.165, 1.54) is 6.61 Å². The van der Waals surface area contributed by atoms with Crippen molar-refractivity contribution in [3.8, 4) is 0 Å². The molecule has 1 rings (SSSR count). The van der Waals surface area contributed by atoms with Gasteiger partial charge >= 0.3 is 5.97 Å². The van der Waals surface area contributed by atoms with Crippen LogP contribution in [0.2, 0.25) is 6.55 Å². The van der Waals surface area contributed by atoms with E-state index < -0.39 is 14.0 Å². The summed E-state index contributed by atoms with van der Waals surface area (Å²) in [5.74, 6) is -0.540. The Balaban J connectivity index is 2.43. The van der Waals surface area contributed by atoms with Crippen LogP contribution < -0.4 is 5.19 Å². The minimum atomic E-state index is -1.86. The highest BCUT2D eigenvalue weighted by atomic mass is 28.3. The van der Waals surface area contributed by atoms with Crippen molar-refractivity contribution in [1.82, 2.24) is 0 Å². The summed E-state index contributed by atoms with van der Waals surface area (Å²) < 4.78 is 5.25. The van der Waals surface area contributed by atoms with Crippen LogP contribution in [-0.4, -0.2) is 27.3 Å².